The summed E-state index contributed by atoms with van der Waals surface area (Å²) in [6.07, 6.45) is 0. The molecule has 0 saturated heterocycles. The van der Waals surface area contributed by atoms with E-state index >= 15 is 0 Å². The molecule has 0 unspecified atom stereocenters. The molecular weight excluding hydrogens is 370 g/mol. The zero-order valence-corrected chi connectivity index (χ0v) is 14.6. The quantitative estimate of drug-likeness (QED) is 0.371. The summed E-state index contributed by atoms with van der Waals surface area (Å²) < 4.78 is 20.5. The maximum atomic E-state index is 12.4. The van der Waals surface area contributed by atoms with E-state index in [-0.39, 0.29) is 36.4 Å². The summed E-state index contributed by atoms with van der Waals surface area (Å²) in [6, 6.07) is 9.82. The summed E-state index contributed by atoms with van der Waals surface area (Å²) in [4.78, 5) is 27.1. The van der Waals surface area contributed by atoms with Crippen LogP contribution in [0.5, 0.6) is 11.5 Å². The minimum atomic E-state index is -0.916. The number of hydrogen-bond donors (Lipinski definition) is 0. The Morgan fingerprint density at radius 1 is 1.25 bits per heavy atom. The van der Waals surface area contributed by atoms with Gasteiger partial charge in [-0.3, -0.25) is 10.1 Å². The van der Waals surface area contributed by atoms with Gasteiger partial charge in [0.2, 0.25) is 12.6 Å². The topological polar surface area (TPSA) is 127 Å². The monoisotopic (exact) mass is 383 g/mol. The van der Waals surface area contributed by atoms with E-state index in [2.05, 4.69) is 10.1 Å². The molecule has 1 aromatic heterocycles. The van der Waals surface area contributed by atoms with Crippen LogP contribution in [0.15, 0.2) is 40.9 Å². The second-order valence-corrected chi connectivity index (χ2v) is 5.88. The molecule has 3 aromatic rings. The van der Waals surface area contributed by atoms with Gasteiger partial charge in [0.25, 0.3) is 11.6 Å². The van der Waals surface area contributed by atoms with Crippen LogP contribution in [0, 0.1) is 17.0 Å². The highest BCUT2D eigenvalue weighted by Crippen LogP contribution is 2.38. The van der Waals surface area contributed by atoms with E-state index < -0.39 is 16.6 Å². The van der Waals surface area contributed by atoms with Crippen LogP contribution >= 0.6 is 0 Å². The molecule has 0 N–H and O–H groups in total. The van der Waals surface area contributed by atoms with Gasteiger partial charge in [-0.15, -0.1) is 0 Å². The molecule has 10 nitrogen and oxygen atoms in total. The first-order valence-corrected chi connectivity index (χ1v) is 8.16. The lowest BCUT2D eigenvalue weighted by Gasteiger charge is -2.04. The van der Waals surface area contributed by atoms with Crippen LogP contribution in [0.3, 0.4) is 0 Å². The minimum absolute atomic E-state index is 0.0648. The van der Waals surface area contributed by atoms with Crippen molar-refractivity contribution in [3.63, 3.8) is 0 Å². The van der Waals surface area contributed by atoms with Crippen LogP contribution in [-0.4, -0.2) is 27.8 Å². The molecule has 0 radical (unpaired) electrons. The van der Waals surface area contributed by atoms with E-state index in [0.717, 1.165) is 17.2 Å². The molecule has 0 atom stereocenters. The van der Waals surface area contributed by atoms with Crippen molar-refractivity contribution in [1.82, 2.24) is 10.1 Å². The maximum Gasteiger partial charge on any atom is 0.345 e. The second kappa shape index (κ2) is 6.99. The van der Waals surface area contributed by atoms with Crippen molar-refractivity contribution in [2.24, 2.45) is 0 Å². The van der Waals surface area contributed by atoms with Gasteiger partial charge in [-0.2, -0.15) is 4.98 Å². The van der Waals surface area contributed by atoms with Gasteiger partial charge >= 0.3 is 5.97 Å². The Bertz CT molecular complexity index is 1080. The molecule has 0 spiro atoms. The van der Waals surface area contributed by atoms with Crippen molar-refractivity contribution in [2.45, 2.75) is 13.5 Å². The number of fused-ring (bicyclic) bond motifs is 1. The molecule has 0 amide bonds. The summed E-state index contributed by atoms with van der Waals surface area (Å²) in [5.41, 5.74) is 1.05. The van der Waals surface area contributed by atoms with Crippen LogP contribution in [0.1, 0.15) is 21.8 Å². The fourth-order valence-electron chi connectivity index (χ4n) is 2.70. The Labute approximate surface area is 157 Å². The lowest BCUT2D eigenvalue weighted by Crippen LogP contribution is -2.08. The Morgan fingerprint density at radius 3 is 2.75 bits per heavy atom. The van der Waals surface area contributed by atoms with Gasteiger partial charge in [-0.1, -0.05) is 29.4 Å². The van der Waals surface area contributed by atoms with Crippen molar-refractivity contribution >= 4 is 11.7 Å². The highest BCUT2D eigenvalue weighted by atomic mass is 16.7. The lowest BCUT2D eigenvalue weighted by atomic mass is 10.1. The van der Waals surface area contributed by atoms with Gasteiger partial charge in [-0.05, 0) is 12.5 Å². The summed E-state index contributed by atoms with van der Waals surface area (Å²) in [5, 5.41) is 15.1. The van der Waals surface area contributed by atoms with Crippen LogP contribution in [0.4, 0.5) is 5.69 Å². The maximum absolute atomic E-state index is 12.4. The zero-order valence-electron chi connectivity index (χ0n) is 14.6. The Kier molecular flexibility index (Phi) is 4.36. The number of esters is 1. The smallest absolute Gasteiger partial charge is 0.345 e. The molecule has 0 bridgehead atoms. The molecule has 0 fully saturated rings. The number of benzene rings is 2. The second-order valence-electron chi connectivity index (χ2n) is 5.88. The fourth-order valence-corrected chi connectivity index (χ4v) is 2.70. The van der Waals surface area contributed by atoms with Crippen LogP contribution in [0.2, 0.25) is 0 Å². The van der Waals surface area contributed by atoms with Gasteiger partial charge in [0, 0.05) is 11.6 Å². The molecule has 0 aliphatic carbocycles. The summed E-state index contributed by atoms with van der Waals surface area (Å²) in [6.45, 7) is 1.50. The number of carbonyl (C=O) groups excluding carboxylic acids is 1. The highest BCUT2D eigenvalue weighted by molar-refractivity contribution is 5.95. The molecular formula is C18H13N3O7. The first-order chi connectivity index (χ1) is 13.5. The number of nitro groups is 1. The number of aryl methyl sites for hydroxylation is 1. The predicted octanol–water partition coefficient (Wildman–Crippen LogP) is 3.04. The number of nitrogens with zero attached hydrogens (tertiary/aromatic N) is 3. The SMILES string of the molecule is Cc1ccccc1-c1noc(COC(=O)c2cc3c(cc2[N+](=O)[O-])OCO3)n1. The third kappa shape index (κ3) is 3.22. The Morgan fingerprint density at radius 2 is 2.00 bits per heavy atom. The number of rotatable bonds is 5. The third-order valence-electron chi connectivity index (χ3n) is 4.09. The number of ether oxygens (including phenoxy) is 3. The lowest BCUT2D eigenvalue weighted by molar-refractivity contribution is -0.385. The molecule has 1 aliphatic heterocycles. The minimum Gasteiger partial charge on any atom is -0.454 e. The van der Waals surface area contributed by atoms with E-state index in [1.165, 1.54) is 6.07 Å². The van der Waals surface area contributed by atoms with E-state index in [0.29, 0.717) is 5.82 Å². The van der Waals surface area contributed by atoms with E-state index in [4.69, 9.17) is 18.7 Å². The predicted molar refractivity (Wildman–Crippen MR) is 92.8 cm³/mol. The van der Waals surface area contributed by atoms with E-state index in [1.807, 2.05) is 31.2 Å². The average Bonchev–Trinajstić information content (AvgIpc) is 3.34. The molecule has 28 heavy (non-hydrogen) atoms. The first-order valence-electron chi connectivity index (χ1n) is 8.16. The van der Waals surface area contributed by atoms with Crippen LogP contribution in [-0.2, 0) is 11.3 Å². The molecule has 1 aliphatic rings. The first kappa shape index (κ1) is 17.5. The summed E-state index contributed by atoms with van der Waals surface area (Å²) in [5.74, 6) is -0.0611. The average molecular weight is 383 g/mol. The molecule has 4 rings (SSSR count). The summed E-state index contributed by atoms with van der Waals surface area (Å²) >= 11 is 0. The number of aromatic nitrogens is 2. The van der Waals surface area contributed by atoms with Crippen molar-refractivity contribution < 1.29 is 28.5 Å². The third-order valence-corrected chi connectivity index (χ3v) is 4.09. The largest absolute Gasteiger partial charge is 0.454 e. The molecule has 0 saturated carbocycles. The molecule has 142 valence electrons. The van der Waals surface area contributed by atoms with Crippen LogP contribution in [0.25, 0.3) is 11.4 Å². The van der Waals surface area contributed by atoms with E-state index in [9.17, 15) is 14.9 Å². The zero-order chi connectivity index (χ0) is 19.7. The Hall–Kier alpha value is -3.95. The van der Waals surface area contributed by atoms with Gasteiger partial charge < -0.3 is 18.7 Å². The van der Waals surface area contributed by atoms with Crippen molar-refractivity contribution in [2.75, 3.05) is 6.79 Å². The van der Waals surface area contributed by atoms with Crippen LogP contribution < -0.4 is 9.47 Å². The standard InChI is InChI=1S/C18H13N3O7/c1-10-4-2-3-5-11(10)17-19-16(28-20-17)8-25-18(22)12-6-14-15(27-9-26-14)7-13(12)21(23)24/h2-7H,8-9H2,1H3. The van der Waals surface area contributed by atoms with Crippen molar-refractivity contribution in [1.29, 1.82) is 0 Å². The van der Waals surface area contributed by atoms with Gasteiger partial charge in [0.05, 0.1) is 11.0 Å². The fraction of sp³-hybridized carbons (Fsp3) is 0.167. The van der Waals surface area contributed by atoms with Gasteiger partial charge in [0.15, 0.2) is 18.1 Å². The highest BCUT2D eigenvalue weighted by Gasteiger charge is 2.28. The molecule has 2 heterocycles. The normalized spacial score (nSPS) is 12.0. The van der Waals surface area contributed by atoms with Crippen molar-refractivity contribution in [3.05, 3.63) is 63.5 Å². The van der Waals surface area contributed by atoms with E-state index in [1.54, 1.807) is 0 Å². The molecule has 10 heteroatoms. The van der Waals surface area contributed by atoms with Crippen molar-refractivity contribution in [3.8, 4) is 22.9 Å². The molecule has 2 aromatic carbocycles. The summed E-state index contributed by atoms with van der Waals surface area (Å²) in [7, 11) is 0. The number of hydrogen-bond acceptors (Lipinski definition) is 9. The van der Waals surface area contributed by atoms with Gasteiger partial charge in [-0.25, -0.2) is 4.79 Å². The Balaban J connectivity index is 1.51. The number of carbonyl (C=O) groups is 1. The van der Waals surface area contributed by atoms with Gasteiger partial charge in [0.1, 0.15) is 5.56 Å². The number of nitro benzene ring substituents is 1.